The van der Waals surface area contributed by atoms with Gasteiger partial charge in [-0.25, -0.2) is 8.42 Å². The molecule has 156 valence electrons. The summed E-state index contributed by atoms with van der Waals surface area (Å²) >= 11 is 0. The molecular formula is C21H26N2O5S. The predicted octanol–water partition coefficient (Wildman–Crippen LogP) is 3.42. The number of benzene rings is 2. The van der Waals surface area contributed by atoms with E-state index in [0.717, 1.165) is 0 Å². The van der Waals surface area contributed by atoms with Crippen molar-refractivity contribution in [1.82, 2.24) is 0 Å². The Balaban J connectivity index is 1.83. The average Bonchev–Trinajstić information content (AvgIpc) is 2.72. The van der Waals surface area contributed by atoms with Crippen LogP contribution >= 0.6 is 0 Å². The Hall–Kier alpha value is -2.74. The summed E-state index contributed by atoms with van der Waals surface area (Å²) in [6, 6.07) is 13.7. The highest BCUT2D eigenvalue weighted by molar-refractivity contribution is 7.95. The molecule has 1 heterocycles. The largest absolute Gasteiger partial charge is 0.497 e. The van der Waals surface area contributed by atoms with Crippen molar-refractivity contribution in [2.45, 2.75) is 31.4 Å². The molecule has 7 nitrogen and oxygen atoms in total. The molecule has 3 rings (SSSR count). The molecule has 1 atom stereocenters. The maximum atomic E-state index is 13.4. The molecule has 29 heavy (non-hydrogen) atoms. The van der Waals surface area contributed by atoms with Gasteiger partial charge in [-0.05, 0) is 75.2 Å². The predicted molar refractivity (Wildman–Crippen MR) is 113 cm³/mol. The molecule has 1 saturated heterocycles. The summed E-state index contributed by atoms with van der Waals surface area (Å²) in [6.07, 6.45) is 0.837. The SMILES string of the molecule is CCOc1ccc(NC(=O)[C@@]2(C)CCCN(c3ccc(OC)cc3)S2(=O)=O)cc1. The Labute approximate surface area is 171 Å². The molecule has 1 N–H and O–H groups in total. The number of ether oxygens (including phenoxy) is 2. The minimum absolute atomic E-state index is 0.255. The first kappa shape index (κ1) is 21.0. The molecule has 1 aliphatic heterocycles. The molecule has 8 heteroatoms. The zero-order valence-corrected chi connectivity index (χ0v) is 17.7. The molecule has 1 amide bonds. The Morgan fingerprint density at radius 2 is 1.72 bits per heavy atom. The molecule has 0 aromatic heterocycles. The molecule has 0 bridgehead atoms. The lowest BCUT2D eigenvalue weighted by Crippen LogP contribution is -2.57. The van der Waals surface area contributed by atoms with E-state index in [1.54, 1.807) is 55.6 Å². The van der Waals surface area contributed by atoms with Gasteiger partial charge in [-0.3, -0.25) is 9.10 Å². The van der Waals surface area contributed by atoms with E-state index in [0.29, 0.717) is 42.4 Å². The van der Waals surface area contributed by atoms with E-state index in [1.807, 2.05) is 6.92 Å². The molecule has 2 aromatic carbocycles. The fourth-order valence-corrected chi connectivity index (χ4v) is 5.31. The molecule has 0 unspecified atom stereocenters. The Morgan fingerprint density at radius 1 is 1.10 bits per heavy atom. The topological polar surface area (TPSA) is 84.9 Å². The van der Waals surface area contributed by atoms with Gasteiger partial charge in [0.25, 0.3) is 0 Å². The smallest absolute Gasteiger partial charge is 0.249 e. The second-order valence-corrected chi connectivity index (χ2v) is 9.31. The Bertz CT molecular complexity index is 958. The lowest BCUT2D eigenvalue weighted by Gasteiger charge is -2.39. The van der Waals surface area contributed by atoms with Crippen LogP contribution in [0.2, 0.25) is 0 Å². The summed E-state index contributed by atoms with van der Waals surface area (Å²) in [4.78, 5) is 13.0. The van der Waals surface area contributed by atoms with Crippen molar-refractivity contribution in [3.8, 4) is 11.5 Å². The summed E-state index contributed by atoms with van der Waals surface area (Å²) < 4.78 is 37.0. The highest BCUT2D eigenvalue weighted by atomic mass is 32.2. The van der Waals surface area contributed by atoms with Crippen molar-refractivity contribution in [2.75, 3.05) is 29.9 Å². The van der Waals surface area contributed by atoms with E-state index in [1.165, 1.54) is 11.2 Å². The molecule has 0 aliphatic carbocycles. The van der Waals surface area contributed by atoms with E-state index >= 15 is 0 Å². The van der Waals surface area contributed by atoms with Crippen molar-refractivity contribution < 1.29 is 22.7 Å². The quantitative estimate of drug-likeness (QED) is 0.777. The van der Waals surface area contributed by atoms with Gasteiger partial charge in [-0.2, -0.15) is 0 Å². The number of rotatable bonds is 6. The van der Waals surface area contributed by atoms with Gasteiger partial charge in [-0.15, -0.1) is 0 Å². The van der Waals surface area contributed by atoms with Crippen LogP contribution in [-0.2, 0) is 14.8 Å². The maximum absolute atomic E-state index is 13.4. The van der Waals surface area contributed by atoms with Crippen molar-refractivity contribution in [2.24, 2.45) is 0 Å². The van der Waals surface area contributed by atoms with Gasteiger partial charge in [0.15, 0.2) is 4.75 Å². The van der Waals surface area contributed by atoms with Crippen molar-refractivity contribution in [3.05, 3.63) is 48.5 Å². The van der Waals surface area contributed by atoms with Gasteiger partial charge < -0.3 is 14.8 Å². The number of carbonyl (C=O) groups excluding carboxylic acids is 1. The van der Waals surface area contributed by atoms with Gasteiger partial charge in [0.1, 0.15) is 11.5 Å². The van der Waals surface area contributed by atoms with Crippen LogP contribution in [-0.4, -0.2) is 39.3 Å². The summed E-state index contributed by atoms with van der Waals surface area (Å²) in [7, 11) is -2.37. The van der Waals surface area contributed by atoms with Gasteiger partial charge >= 0.3 is 0 Å². The molecule has 0 saturated carbocycles. The first-order valence-electron chi connectivity index (χ1n) is 9.52. The third-order valence-corrected chi connectivity index (χ3v) is 7.64. The van der Waals surface area contributed by atoms with Gasteiger partial charge in [0.05, 0.1) is 19.4 Å². The fraction of sp³-hybridized carbons (Fsp3) is 0.381. The molecule has 0 spiro atoms. The van der Waals surface area contributed by atoms with Crippen molar-refractivity contribution in [1.29, 1.82) is 0 Å². The first-order chi connectivity index (χ1) is 13.8. The number of nitrogens with one attached hydrogen (secondary N) is 1. The fourth-order valence-electron chi connectivity index (χ4n) is 3.36. The average molecular weight is 419 g/mol. The van der Waals surface area contributed by atoms with Crippen LogP contribution < -0.4 is 19.1 Å². The second kappa shape index (κ2) is 8.32. The number of anilines is 2. The summed E-state index contributed by atoms with van der Waals surface area (Å²) in [5.74, 6) is 0.784. The van der Waals surface area contributed by atoms with E-state index in [-0.39, 0.29) is 6.42 Å². The van der Waals surface area contributed by atoms with E-state index in [9.17, 15) is 13.2 Å². The lowest BCUT2D eigenvalue weighted by molar-refractivity contribution is -0.118. The number of hydrogen-bond acceptors (Lipinski definition) is 5. The van der Waals surface area contributed by atoms with Gasteiger partial charge in [0, 0.05) is 12.2 Å². The van der Waals surface area contributed by atoms with Crippen molar-refractivity contribution in [3.63, 3.8) is 0 Å². The molecule has 1 fully saturated rings. The van der Waals surface area contributed by atoms with Crippen LogP contribution in [0.25, 0.3) is 0 Å². The summed E-state index contributed by atoms with van der Waals surface area (Å²) in [5, 5.41) is 2.75. The standard InChI is InChI=1S/C21H26N2O5S/c1-4-28-19-10-6-16(7-11-19)22-20(24)21(2)14-5-15-23(29(21,25)26)17-8-12-18(27-3)13-9-17/h6-13H,4-5,14-15H2,1-3H3,(H,22,24)/t21-/m1/s1. The highest BCUT2D eigenvalue weighted by Crippen LogP contribution is 2.36. The van der Waals surface area contributed by atoms with Crippen LogP contribution in [0.5, 0.6) is 11.5 Å². The number of methoxy groups -OCH3 is 1. The van der Waals surface area contributed by atoms with Gasteiger partial charge in [-0.1, -0.05) is 0 Å². The van der Waals surface area contributed by atoms with E-state index in [2.05, 4.69) is 5.32 Å². The Morgan fingerprint density at radius 3 is 2.31 bits per heavy atom. The third kappa shape index (κ3) is 4.03. The Kier molecular flexibility index (Phi) is 6.02. The summed E-state index contributed by atoms with van der Waals surface area (Å²) in [5.41, 5.74) is 1.04. The number of hydrogen-bond donors (Lipinski definition) is 1. The molecule has 1 aliphatic rings. The van der Waals surface area contributed by atoms with E-state index < -0.39 is 20.7 Å². The number of carbonyl (C=O) groups is 1. The number of nitrogens with zero attached hydrogens (tertiary/aromatic N) is 1. The maximum Gasteiger partial charge on any atom is 0.249 e. The van der Waals surface area contributed by atoms with E-state index in [4.69, 9.17) is 9.47 Å². The van der Waals surface area contributed by atoms with Crippen LogP contribution in [0.15, 0.2) is 48.5 Å². The number of sulfonamides is 1. The minimum atomic E-state index is -3.92. The molecule has 0 radical (unpaired) electrons. The highest BCUT2D eigenvalue weighted by Gasteiger charge is 2.52. The zero-order chi connectivity index (χ0) is 21.1. The summed E-state index contributed by atoms with van der Waals surface area (Å²) in [6.45, 7) is 4.25. The van der Waals surface area contributed by atoms with Gasteiger partial charge in [0.2, 0.25) is 15.9 Å². The molecule has 2 aromatic rings. The van der Waals surface area contributed by atoms with Crippen LogP contribution in [0.3, 0.4) is 0 Å². The second-order valence-electron chi connectivity index (χ2n) is 7.02. The number of amides is 1. The van der Waals surface area contributed by atoms with Crippen LogP contribution in [0.4, 0.5) is 11.4 Å². The minimum Gasteiger partial charge on any atom is -0.497 e. The van der Waals surface area contributed by atoms with Crippen LogP contribution in [0.1, 0.15) is 26.7 Å². The van der Waals surface area contributed by atoms with Crippen molar-refractivity contribution >= 4 is 27.3 Å². The normalized spacial score (nSPS) is 20.7. The zero-order valence-electron chi connectivity index (χ0n) is 16.8. The monoisotopic (exact) mass is 418 g/mol. The molecular weight excluding hydrogens is 392 g/mol. The first-order valence-corrected chi connectivity index (χ1v) is 11.0. The third-order valence-electron chi connectivity index (χ3n) is 5.14. The lowest BCUT2D eigenvalue weighted by atomic mass is 10.0. The van der Waals surface area contributed by atoms with Crippen LogP contribution in [0, 0.1) is 0 Å².